The van der Waals surface area contributed by atoms with Gasteiger partial charge >= 0.3 is 0 Å². The van der Waals surface area contributed by atoms with Crippen molar-refractivity contribution >= 4 is 11.3 Å². The van der Waals surface area contributed by atoms with Crippen LogP contribution in [0.5, 0.6) is 0 Å². The molecule has 0 saturated carbocycles. The summed E-state index contributed by atoms with van der Waals surface area (Å²) in [5.74, 6) is 0.840. The Morgan fingerprint density at radius 1 is 1.33 bits per heavy atom. The Kier molecular flexibility index (Phi) is 3.71. The van der Waals surface area contributed by atoms with Crippen LogP contribution >= 0.6 is 11.3 Å². The summed E-state index contributed by atoms with van der Waals surface area (Å²) in [5, 5.41) is 6.87. The van der Waals surface area contributed by atoms with E-state index in [9.17, 15) is 0 Å². The third-order valence-electron chi connectivity index (χ3n) is 4.50. The van der Waals surface area contributed by atoms with E-state index in [1.807, 2.05) is 24.4 Å². The summed E-state index contributed by atoms with van der Waals surface area (Å²) >= 11 is 1.70. The number of pyridine rings is 1. The van der Waals surface area contributed by atoms with E-state index in [-0.39, 0.29) is 0 Å². The topological polar surface area (TPSA) is 41.1 Å². The first-order valence-corrected chi connectivity index (χ1v) is 8.58. The van der Waals surface area contributed by atoms with Crippen LogP contribution < -0.4 is 5.32 Å². The molecule has 0 bridgehead atoms. The van der Waals surface area contributed by atoms with Gasteiger partial charge in [-0.15, -0.1) is 11.3 Å². The number of fused-ring (bicyclic) bond motifs is 1. The van der Waals surface area contributed by atoms with Crippen molar-refractivity contribution in [2.45, 2.75) is 25.4 Å². The van der Waals surface area contributed by atoms with Crippen LogP contribution in [0.1, 0.15) is 18.5 Å². The minimum atomic E-state index is 0.702. The van der Waals surface area contributed by atoms with Crippen LogP contribution in [0.2, 0.25) is 0 Å². The van der Waals surface area contributed by atoms with Gasteiger partial charge in [0.2, 0.25) is 0 Å². The molecule has 110 valence electrons. The molecule has 2 fully saturated rings. The van der Waals surface area contributed by atoms with Gasteiger partial charge in [-0.25, -0.2) is 4.98 Å². The Balaban J connectivity index is 1.43. The highest BCUT2D eigenvalue weighted by molar-refractivity contribution is 7.13. The number of nitrogens with one attached hydrogen (secondary N) is 1. The average Bonchev–Trinajstić information content (AvgIpc) is 3.14. The number of hydrogen-bond acceptors (Lipinski definition) is 5. The number of hydrogen-bond donors (Lipinski definition) is 1. The number of likely N-dealkylation sites (tertiary alicyclic amines) is 1. The van der Waals surface area contributed by atoms with Crippen LogP contribution in [0.15, 0.2) is 29.8 Å². The summed E-state index contributed by atoms with van der Waals surface area (Å²) < 4.78 is 0. The molecule has 4 nitrogen and oxygen atoms in total. The molecule has 2 aromatic heterocycles. The fourth-order valence-electron chi connectivity index (χ4n) is 3.48. The van der Waals surface area contributed by atoms with Crippen LogP contribution in [-0.2, 0) is 6.54 Å². The maximum Gasteiger partial charge on any atom is 0.142 e. The summed E-state index contributed by atoms with van der Waals surface area (Å²) in [4.78, 5) is 11.7. The van der Waals surface area contributed by atoms with Gasteiger partial charge in [0.05, 0.1) is 11.4 Å². The molecule has 0 unspecified atom stereocenters. The Hall–Kier alpha value is -1.30. The van der Waals surface area contributed by atoms with E-state index in [1.54, 1.807) is 11.3 Å². The maximum absolute atomic E-state index is 4.76. The summed E-state index contributed by atoms with van der Waals surface area (Å²) in [6, 6.07) is 6.68. The van der Waals surface area contributed by atoms with Crippen LogP contribution in [-0.4, -0.2) is 40.5 Å². The van der Waals surface area contributed by atoms with Crippen molar-refractivity contribution in [1.29, 1.82) is 0 Å². The van der Waals surface area contributed by atoms with Crippen molar-refractivity contribution in [3.63, 3.8) is 0 Å². The second-order valence-corrected chi connectivity index (χ2v) is 6.87. The van der Waals surface area contributed by atoms with Gasteiger partial charge in [-0.3, -0.25) is 9.88 Å². The van der Waals surface area contributed by atoms with Crippen LogP contribution in [0.4, 0.5) is 0 Å². The number of piperidine rings is 1. The zero-order valence-electron chi connectivity index (χ0n) is 12.0. The van der Waals surface area contributed by atoms with Gasteiger partial charge < -0.3 is 5.32 Å². The fraction of sp³-hybridized carbons (Fsp3) is 0.500. The van der Waals surface area contributed by atoms with E-state index < -0.39 is 0 Å². The lowest BCUT2D eigenvalue weighted by Gasteiger charge is -2.24. The van der Waals surface area contributed by atoms with Crippen molar-refractivity contribution in [1.82, 2.24) is 20.2 Å². The number of nitrogens with zero attached hydrogens (tertiary/aromatic N) is 3. The van der Waals surface area contributed by atoms with Crippen LogP contribution in [0.3, 0.4) is 0 Å². The summed E-state index contributed by atoms with van der Waals surface area (Å²) in [6.07, 6.45) is 4.53. The normalized spacial score (nSPS) is 25.9. The highest BCUT2D eigenvalue weighted by Gasteiger charge is 2.34. The lowest BCUT2D eigenvalue weighted by atomic mass is 9.94. The van der Waals surface area contributed by atoms with Crippen LogP contribution in [0.25, 0.3) is 10.7 Å². The molecular weight excluding hydrogens is 280 g/mol. The SMILES string of the molecule is c1ccc(-c2nc(CN3C[C@@H]4CCCN[C@@H]4C3)cs2)nc1. The standard InChI is InChI=1S/C16H20N4S/c1-2-6-17-14(5-1)16-19-13(11-21-16)9-20-8-12-4-3-7-18-15(12)10-20/h1-2,5-6,11-12,15,18H,3-4,7-10H2/t12-,15+/m0/s1. The zero-order chi connectivity index (χ0) is 14.1. The number of aromatic nitrogens is 2. The van der Waals surface area contributed by atoms with Crippen LogP contribution in [0, 0.1) is 5.92 Å². The first kappa shape index (κ1) is 13.4. The third-order valence-corrected chi connectivity index (χ3v) is 5.41. The second-order valence-electron chi connectivity index (χ2n) is 6.02. The van der Waals surface area contributed by atoms with Gasteiger partial charge in [0.15, 0.2) is 0 Å². The Morgan fingerprint density at radius 3 is 3.19 bits per heavy atom. The van der Waals surface area contributed by atoms with Crippen molar-refractivity contribution in [2.75, 3.05) is 19.6 Å². The molecule has 21 heavy (non-hydrogen) atoms. The number of rotatable bonds is 3. The van der Waals surface area contributed by atoms with Gasteiger partial charge in [0, 0.05) is 37.3 Å². The molecule has 2 aliphatic rings. The first-order valence-electron chi connectivity index (χ1n) is 7.70. The van der Waals surface area contributed by atoms with Gasteiger partial charge in [-0.2, -0.15) is 0 Å². The molecule has 0 amide bonds. The molecule has 0 radical (unpaired) electrons. The van der Waals surface area contributed by atoms with E-state index in [2.05, 4.69) is 20.6 Å². The first-order chi connectivity index (χ1) is 10.4. The monoisotopic (exact) mass is 300 g/mol. The predicted octanol–water partition coefficient (Wildman–Crippen LogP) is 2.39. The van der Waals surface area contributed by atoms with E-state index in [4.69, 9.17) is 4.98 Å². The molecule has 2 aromatic rings. The van der Waals surface area contributed by atoms with Gasteiger partial charge in [-0.1, -0.05) is 6.07 Å². The van der Waals surface area contributed by atoms with E-state index >= 15 is 0 Å². The Morgan fingerprint density at radius 2 is 2.33 bits per heavy atom. The van der Waals surface area contributed by atoms with Crippen molar-refractivity contribution in [3.05, 3.63) is 35.5 Å². The van der Waals surface area contributed by atoms with Gasteiger partial charge in [0.1, 0.15) is 5.01 Å². The molecule has 2 atom stereocenters. The zero-order valence-corrected chi connectivity index (χ0v) is 12.9. The average molecular weight is 300 g/mol. The largest absolute Gasteiger partial charge is 0.312 e. The number of thiazole rings is 1. The minimum Gasteiger partial charge on any atom is -0.312 e. The van der Waals surface area contributed by atoms with E-state index in [0.717, 1.165) is 23.2 Å². The molecule has 4 heterocycles. The highest BCUT2D eigenvalue weighted by Crippen LogP contribution is 2.27. The van der Waals surface area contributed by atoms with Crippen molar-refractivity contribution < 1.29 is 0 Å². The molecule has 4 rings (SSSR count). The Labute approximate surface area is 129 Å². The van der Waals surface area contributed by atoms with E-state index in [0.29, 0.717) is 6.04 Å². The second kappa shape index (κ2) is 5.83. The summed E-state index contributed by atoms with van der Waals surface area (Å²) in [5.41, 5.74) is 2.16. The van der Waals surface area contributed by atoms with E-state index in [1.165, 1.54) is 38.2 Å². The summed E-state index contributed by atoms with van der Waals surface area (Å²) in [7, 11) is 0. The third kappa shape index (κ3) is 2.86. The molecule has 0 aliphatic carbocycles. The lowest BCUT2D eigenvalue weighted by molar-refractivity contribution is 0.310. The predicted molar refractivity (Wildman–Crippen MR) is 85.1 cm³/mol. The van der Waals surface area contributed by atoms with Gasteiger partial charge in [-0.05, 0) is 37.4 Å². The lowest BCUT2D eigenvalue weighted by Crippen LogP contribution is -2.40. The molecular formula is C16H20N4S. The van der Waals surface area contributed by atoms with Gasteiger partial charge in [0.25, 0.3) is 0 Å². The molecule has 2 saturated heterocycles. The van der Waals surface area contributed by atoms with Crippen molar-refractivity contribution in [3.8, 4) is 10.7 Å². The fourth-order valence-corrected chi connectivity index (χ4v) is 4.27. The summed E-state index contributed by atoms with van der Waals surface area (Å²) in [6.45, 7) is 4.54. The quantitative estimate of drug-likeness (QED) is 0.945. The maximum atomic E-state index is 4.76. The molecule has 0 spiro atoms. The highest BCUT2D eigenvalue weighted by atomic mass is 32.1. The molecule has 2 aliphatic heterocycles. The molecule has 1 N–H and O–H groups in total. The smallest absolute Gasteiger partial charge is 0.142 e. The molecule has 0 aromatic carbocycles. The van der Waals surface area contributed by atoms with Crippen molar-refractivity contribution in [2.24, 2.45) is 5.92 Å². The minimum absolute atomic E-state index is 0.702. The molecule has 5 heteroatoms. The Bertz CT molecular complexity index is 583.